The van der Waals surface area contributed by atoms with Gasteiger partial charge in [0, 0.05) is 10.9 Å². The normalized spacial score (nSPS) is 19.4. The molecule has 2 aromatic heterocycles. The minimum absolute atomic E-state index is 0.155. The average molecular weight is 292 g/mol. The van der Waals surface area contributed by atoms with E-state index >= 15 is 0 Å². The summed E-state index contributed by atoms with van der Waals surface area (Å²) in [6, 6.07) is 0.333. The van der Waals surface area contributed by atoms with Gasteiger partial charge in [0.25, 0.3) is 5.56 Å². The molecule has 2 aliphatic rings. The highest BCUT2D eigenvalue weighted by atomic mass is 32.1. The van der Waals surface area contributed by atoms with E-state index in [0.717, 1.165) is 35.9 Å². The van der Waals surface area contributed by atoms with E-state index in [0.29, 0.717) is 10.8 Å². The van der Waals surface area contributed by atoms with Gasteiger partial charge in [-0.15, -0.1) is 11.3 Å². The lowest BCUT2D eigenvalue weighted by Gasteiger charge is -2.27. The largest absolute Gasteiger partial charge is 0.323 e. The molecule has 0 spiro atoms. The van der Waals surface area contributed by atoms with Crippen LogP contribution >= 0.6 is 23.6 Å². The fourth-order valence-electron chi connectivity index (χ4n) is 3.23. The number of H-pyrrole nitrogens is 1. The Morgan fingerprint density at radius 3 is 2.74 bits per heavy atom. The molecule has 0 atom stereocenters. The number of hydrogen-bond donors (Lipinski definition) is 1. The molecule has 0 aliphatic heterocycles. The van der Waals surface area contributed by atoms with Crippen molar-refractivity contribution in [3.05, 3.63) is 25.6 Å². The fraction of sp³-hybridized carbons (Fsp3) is 0.571. The SMILES string of the molecule is O=c1c2c3c(sc2[nH]c(=S)n1C1CCC1)CCCC3. The monoisotopic (exact) mass is 292 g/mol. The number of thiophene rings is 1. The van der Waals surface area contributed by atoms with Crippen molar-refractivity contribution < 1.29 is 0 Å². The maximum absolute atomic E-state index is 12.8. The van der Waals surface area contributed by atoms with Gasteiger partial charge in [0.1, 0.15) is 4.83 Å². The van der Waals surface area contributed by atoms with Crippen molar-refractivity contribution in [2.24, 2.45) is 0 Å². The first kappa shape index (κ1) is 11.9. The van der Waals surface area contributed by atoms with Crippen molar-refractivity contribution >= 4 is 33.8 Å². The summed E-state index contributed by atoms with van der Waals surface area (Å²) < 4.78 is 2.45. The van der Waals surface area contributed by atoms with Gasteiger partial charge < -0.3 is 4.98 Å². The second-order valence-electron chi connectivity index (χ2n) is 5.61. The first-order valence-electron chi connectivity index (χ1n) is 7.05. The Morgan fingerprint density at radius 2 is 2.00 bits per heavy atom. The van der Waals surface area contributed by atoms with E-state index in [1.165, 1.54) is 29.7 Å². The standard InChI is InChI=1S/C14H16N2OS2/c17-13-11-9-6-1-2-7-10(9)19-12(11)15-14(18)16(13)8-4-3-5-8/h8H,1-7H2,(H,15,18). The second-order valence-corrected chi connectivity index (χ2v) is 7.10. The summed E-state index contributed by atoms with van der Waals surface area (Å²) in [7, 11) is 0. The lowest BCUT2D eigenvalue weighted by atomic mass is 9.92. The molecule has 0 aromatic carbocycles. The number of aromatic amines is 1. The Labute approximate surface area is 120 Å². The van der Waals surface area contributed by atoms with E-state index in [1.54, 1.807) is 11.3 Å². The minimum Gasteiger partial charge on any atom is -0.323 e. The van der Waals surface area contributed by atoms with Crippen LogP contribution in [0.25, 0.3) is 10.2 Å². The van der Waals surface area contributed by atoms with Gasteiger partial charge in [-0.25, -0.2) is 0 Å². The lowest BCUT2D eigenvalue weighted by molar-refractivity contribution is 0.302. The van der Waals surface area contributed by atoms with Crippen LogP contribution in [0, 0.1) is 4.77 Å². The van der Waals surface area contributed by atoms with Crippen LogP contribution < -0.4 is 5.56 Å². The van der Waals surface area contributed by atoms with Crippen molar-refractivity contribution in [1.82, 2.24) is 9.55 Å². The van der Waals surface area contributed by atoms with Crippen LogP contribution in [0.1, 0.15) is 48.6 Å². The third-order valence-corrected chi connectivity index (χ3v) is 5.99. The molecule has 0 bridgehead atoms. The summed E-state index contributed by atoms with van der Waals surface area (Å²) >= 11 is 7.14. The van der Waals surface area contributed by atoms with Crippen LogP contribution in [-0.2, 0) is 12.8 Å². The molecule has 0 radical (unpaired) electrons. The number of fused-ring (bicyclic) bond motifs is 3. The van der Waals surface area contributed by atoms with Gasteiger partial charge in [0.05, 0.1) is 5.39 Å². The van der Waals surface area contributed by atoms with E-state index < -0.39 is 0 Å². The van der Waals surface area contributed by atoms with Gasteiger partial charge in [0.15, 0.2) is 4.77 Å². The van der Waals surface area contributed by atoms with E-state index in [-0.39, 0.29) is 5.56 Å². The Balaban J connectivity index is 2.05. The number of aromatic nitrogens is 2. The summed E-state index contributed by atoms with van der Waals surface area (Å²) in [5.41, 5.74) is 1.46. The van der Waals surface area contributed by atoms with Gasteiger partial charge in [-0.3, -0.25) is 9.36 Å². The van der Waals surface area contributed by atoms with Gasteiger partial charge in [-0.1, -0.05) is 0 Å². The van der Waals surface area contributed by atoms with Gasteiger partial charge >= 0.3 is 0 Å². The van der Waals surface area contributed by atoms with Crippen LogP contribution in [0.15, 0.2) is 4.79 Å². The predicted octanol–water partition coefficient (Wildman–Crippen LogP) is 3.72. The molecule has 1 N–H and O–H groups in total. The highest BCUT2D eigenvalue weighted by molar-refractivity contribution is 7.71. The van der Waals surface area contributed by atoms with Crippen LogP contribution in [-0.4, -0.2) is 9.55 Å². The van der Waals surface area contributed by atoms with Crippen molar-refractivity contribution in [3.8, 4) is 0 Å². The molecular formula is C14H16N2OS2. The summed E-state index contributed by atoms with van der Waals surface area (Å²) in [5, 5.41) is 0.931. The lowest BCUT2D eigenvalue weighted by Crippen LogP contribution is -2.30. The number of nitrogens with zero attached hydrogens (tertiary/aromatic N) is 1. The van der Waals surface area contributed by atoms with Crippen molar-refractivity contribution in [2.75, 3.05) is 0 Å². The Bertz CT molecular complexity index is 764. The smallest absolute Gasteiger partial charge is 0.263 e. The van der Waals surface area contributed by atoms with Crippen molar-refractivity contribution in [1.29, 1.82) is 0 Å². The Kier molecular flexibility index (Phi) is 2.67. The maximum atomic E-state index is 12.8. The van der Waals surface area contributed by atoms with Crippen LogP contribution in [0.4, 0.5) is 0 Å². The Hall–Kier alpha value is -0.940. The fourth-order valence-corrected chi connectivity index (χ4v) is 4.91. The molecule has 0 unspecified atom stereocenters. The first-order chi connectivity index (χ1) is 9.25. The van der Waals surface area contributed by atoms with Gasteiger partial charge in [-0.2, -0.15) is 0 Å². The van der Waals surface area contributed by atoms with Crippen molar-refractivity contribution in [2.45, 2.75) is 51.0 Å². The first-order valence-corrected chi connectivity index (χ1v) is 8.27. The van der Waals surface area contributed by atoms with E-state index in [1.807, 2.05) is 4.57 Å². The Morgan fingerprint density at radius 1 is 1.21 bits per heavy atom. The van der Waals surface area contributed by atoms with E-state index in [9.17, 15) is 4.79 Å². The second kappa shape index (κ2) is 4.28. The van der Waals surface area contributed by atoms with Crippen LogP contribution in [0.3, 0.4) is 0 Å². The molecule has 2 aliphatic carbocycles. The summed E-state index contributed by atoms with van der Waals surface area (Å²) in [4.78, 5) is 18.5. The zero-order chi connectivity index (χ0) is 13.0. The highest BCUT2D eigenvalue weighted by Crippen LogP contribution is 2.35. The molecule has 5 heteroatoms. The number of aryl methyl sites for hydroxylation is 2. The predicted molar refractivity (Wildman–Crippen MR) is 80.8 cm³/mol. The molecule has 1 saturated carbocycles. The number of rotatable bonds is 1. The minimum atomic E-state index is 0.155. The summed E-state index contributed by atoms with van der Waals surface area (Å²) in [6.45, 7) is 0. The molecule has 0 amide bonds. The zero-order valence-corrected chi connectivity index (χ0v) is 12.3. The van der Waals surface area contributed by atoms with Crippen LogP contribution in [0.2, 0.25) is 0 Å². The van der Waals surface area contributed by atoms with Crippen LogP contribution in [0.5, 0.6) is 0 Å². The molecule has 100 valence electrons. The molecular weight excluding hydrogens is 276 g/mol. The van der Waals surface area contributed by atoms with Gasteiger partial charge in [0.2, 0.25) is 0 Å². The van der Waals surface area contributed by atoms with Gasteiger partial charge in [-0.05, 0) is 62.7 Å². The quantitative estimate of drug-likeness (QED) is 0.813. The third-order valence-electron chi connectivity index (χ3n) is 4.48. The van der Waals surface area contributed by atoms with E-state index in [4.69, 9.17) is 12.2 Å². The zero-order valence-electron chi connectivity index (χ0n) is 10.7. The molecule has 4 rings (SSSR count). The maximum Gasteiger partial charge on any atom is 0.263 e. The average Bonchev–Trinajstić information content (AvgIpc) is 2.69. The van der Waals surface area contributed by atoms with E-state index in [2.05, 4.69) is 4.98 Å². The molecule has 3 nitrogen and oxygen atoms in total. The summed E-state index contributed by atoms with van der Waals surface area (Å²) in [6.07, 6.45) is 8.03. The number of hydrogen-bond acceptors (Lipinski definition) is 3. The van der Waals surface area contributed by atoms with Crippen molar-refractivity contribution in [3.63, 3.8) is 0 Å². The third kappa shape index (κ3) is 1.68. The number of nitrogens with one attached hydrogen (secondary N) is 1. The molecule has 0 saturated heterocycles. The highest BCUT2D eigenvalue weighted by Gasteiger charge is 2.25. The molecule has 2 heterocycles. The molecule has 2 aromatic rings. The molecule has 1 fully saturated rings. The summed E-state index contributed by atoms with van der Waals surface area (Å²) in [5.74, 6) is 0. The topological polar surface area (TPSA) is 37.8 Å². The molecule has 19 heavy (non-hydrogen) atoms.